The first-order chi connectivity index (χ1) is 13.3. The molecule has 0 amide bonds. The van der Waals surface area contributed by atoms with Crippen molar-refractivity contribution in [2.45, 2.75) is 27.3 Å². The number of esters is 1. The Balaban J connectivity index is 1.73. The van der Waals surface area contributed by atoms with Gasteiger partial charge < -0.3 is 9.30 Å². The highest BCUT2D eigenvalue weighted by atomic mass is 32.1. The second kappa shape index (κ2) is 7.93. The van der Waals surface area contributed by atoms with Crippen molar-refractivity contribution in [1.82, 2.24) is 9.13 Å². The zero-order valence-electron chi connectivity index (χ0n) is 15.7. The molecule has 0 saturated carbocycles. The maximum absolute atomic E-state index is 14.1. The summed E-state index contributed by atoms with van der Waals surface area (Å²) in [5, 5.41) is 1.65. The predicted molar refractivity (Wildman–Crippen MR) is 104 cm³/mol. The monoisotopic (exact) mass is 402 g/mol. The Bertz CT molecular complexity index is 1110. The molecule has 0 fully saturated rings. The zero-order chi connectivity index (χ0) is 20.4. The smallest absolute Gasteiger partial charge is 0.326 e. The Kier molecular flexibility index (Phi) is 5.60. The van der Waals surface area contributed by atoms with Crippen molar-refractivity contribution in [3.8, 4) is 5.69 Å². The summed E-state index contributed by atoms with van der Waals surface area (Å²) >= 11 is 0.999. The zero-order valence-corrected chi connectivity index (χ0v) is 16.5. The third-order valence-corrected chi connectivity index (χ3v) is 5.33. The van der Waals surface area contributed by atoms with Crippen LogP contribution in [0.15, 0.2) is 40.5 Å². The fourth-order valence-corrected chi connectivity index (χ4v) is 3.78. The van der Waals surface area contributed by atoms with E-state index in [9.17, 15) is 18.8 Å². The quantitative estimate of drug-likeness (QED) is 0.469. The summed E-state index contributed by atoms with van der Waals surface area (Å²) in [5.41, 5.74) is 2.62. The van der Waals surface area contributed by atoms with E-state index >= 15 is 0 Å². The molecule has 0 bridgehead atoms. The molecule has 6 nitrogen and oxygen atoms in total. The first kappa shape index (κ1) is 19.8. The number of halogens is 1. The molecule has 0 radical (unpaired) electrons. The Hall–Kier alpha value is -3.00. The minimum absolute atomic E-state index is 0.240. The van der Waals surface area contributed by atoms with Gasteiger partial charge in [0.25, 0.3) is 0 Å². The summed E-state index contributed by atoms with van der Waals surface area (Å²) in [6.45, 7) is 4.51. The Labute approximate surface area is 164 Å². The van der Waals surface area contributed by atoms with Crippen LogP contribution in [0.5, 0.6) is 0 Å². The van der Waals surface area contributed by atoms with Gasteiger partial charge >= 0.3 is 10.8 Å². The molecule has 0 aliphatic heterocycles. The number of ketones is 1. The number of ether oxygens (including phenoxy) is 1. The molecule has 3 aromatic rings. The van der Waals surface area contributed by atoms with Crippen LogP contribution in [-0.4, -0.2) is 27.5 Å². The largest absolute Gasteiger partial charge is 0.456 e. The molecule has 0 aliphatic carbocycles. The summed E-state index contributed by atoms with van der Waals surface area (Å²) in [4.78, 5) is 35.9. The van der Waals surface area contributed by atoms with Crippen LogP contribution in [0.25, 0.3) is 5.69 Å². The van der Waals surface area contributed by atoms with Crippen molar-refractivity contribution < 1.29 is 18.7 Å². The lowest BCUT2D eigenvalue weighted by molar-refractivity contribution is -0.143. The average Bonchev–Trinajstić information content (AvgIpc) is 3.13. The Morgan fingerprint density at radius 2 is 1.86 bits per heavy atom. The standard InChI is InChI=1S/C20H19FN2O4S/c1-12-8-15(14(3)23(12)17-7-5-4-6-16(17)21)18(24)10-27-19(25)9-22-13(2)11-28-20(22)26/h4-8,11H,9-10H2,1-3H3. The van der Waals surface area contributed by atoms with E-state index in [4.69, 9.17) is 4.74 Å². The van der Waals surface area contributed by atoms with Crippen LogP contribution in [0.2, 0.25) is 0 Å². The number of Topliss-reactive ketones (excluding diaryl/α,β-unsaturated/α-hetero) is 1. The molecule has 28 heavy (non-hydrogen) atoms. The third kappa shape index (κ3) is 3.82. The molecular weight excluding hydrogens is 383 g/mol. The number of hydrogen-bond donors (Lipinski definition) is 0. The van der Waals surface area contributed by atoms with Crippen molar-refractivity contribution >= 4 is 23.1 Å². The van der Waals surface area contributed by atoms with Crippen molar-refractivity contribution in [3.05, 3.63) is 73.8 Å². The molecule has 0 N–H and O–H groups in total. The van der Waals surface area contributed by atoms with E-state index < -0.39 is 24.2 Å². The maximum atomic E-state index is 14.1. The van der Waals surface area contributed by atoms with Crippen molar-refractivity contribution in [2.75, 3.05) is 6.61 Å². The second-order valence-corrected chi connectivity index (χ2v) is 7.21. The molecule has 0 spiro atoms. The van der Waals surface area contributed by atoms with E-state index in [1.165, 1.54) is 10.6 Å². The van der Waals surface area contributed by atoms with Gasteiger partial charge in [-0.3, -0.25) is 19.0 Å². The minimum Gasteiger partial charge on any atom is -0.456 e. The summed E-state index contributed by atoms with van der Waals surface area (Å²) < 4.78 is 22.1. The highest BCUT2D eigenvalue weighted by Gasteiger charge is 2.20. The van der Waals surface area contributed by atoms with Crippen LogP contribution in [0.1, 0.15) is 27.4 Å². The molecule has 2 heterocycles. The number of para-hydroxylation sites is 1. The molecule has 8 heteroatoms. The first-order valence-corrected chi connectivity index (χ1v) is 9.45. The Morgan fingerprint density at radius 1 is 1.14 bits per heavy atom. The van der Waals surface area contributed by atoms with Crippen LogP contribution in [0.3, 0.4) is 0 Å². The molecule has 0 saturated heterocycles. The number of aryl methyl sites for hydroxylation is 2. The number of hydrogen-bond acceptors (Lipinski definition) is 5. The molecule has 0 unspecified atom stereocenters. The number of rotatable bonds is 6. The normalized spacial score (nSPS) is 10.9. The first-order valence-electron chi connectivity index (χ1n) is 8.57. The van der Waals surface area contributed by atoms with E-state index in [1.54, 1.807) is 55.0 Å². The number of nitrogens with zero attached hydrogens (tertiary/aromatic N) is 2. The van der Waals surface area contributed by atoms with E-state index in [0.29, 0.717) is 28.3 Å². The number of carbonyl (C=O) groups excluding carboxylic acids is 2. The number of aromatic nitrogens is 2. The lowest BCUT2D eigenvalue weighted by Gasteiger charge is -2.11. The van der Waals surface area contributed by atoms with Crippen LogP contribution >= 0.6 is 11.3 Å². The lowest BCUT2D eigenvalue weighted by atomic mass is 10.1. The third-order valence-electron chi connectivity index (χ3n) is 4.45. The number of carbonyl (C=O) groups is 2. The maximum Gasteiger partial charge on any atom is 0.326 e. The Morgan fingerprint density at radius 3 is 2.50 bits per heavy atom. The molecule has 146 valence electrons. The van der Waals surface area contributed by atoms with Crippen molar-refractivity contribution in [3.63, 3.8) is 0 Å². The minimum atomic E-state index is -0.667. The SMILES string of the molecule is Cc1cc(C(=O)COC(=O)Cn2c(C)csc2=O)c(C)n1-c1ccccc1F. The second-order valence-electron chi connectivity index (χ2n) is 6.38. The summed E-state index contributed by atoms with van der Waals surface area (Å²) in [6.07, 6.45) is 0. The molecule has 0 aliphatic rings. The molecule has 0 atom stereocenters. The van der Waals surface area contributed by atoms with E-state index in [0.717, 1.165) is 11.3 Å². The van der Waals surface area contributed by atoms with Gasteiger partial charge in [0, 0.05) is 28.0 Å². The number of thiazole rings is 1. The molecule has 1 aromatic carbocycles. The highest BCUT2D eigenvalue weighted by Crippen LogP contribution is 2.23. The molecule has 3 rings (SSSR count). The van der Waals surface area contributed by atoms with Gasteiger partial charge in [-0.05, 0) is 39.0 Å². The summed E-state index contributed by atoms with van der Waals surface area (Å²) in [5.74, 6) is -1.45. The van der Waals surface area contributed by atoms with Crippen LogP contribution in [0, 0.1) is 26.6 Å². The van der Waals surface area contributed by atoms with Crippen LogP contribution < -0.4 is 4.87 Å². The average molecular weight is 402 g/mol. The van der Waals surface area contributed by atoms with Crippen molar-refractivity contribution in [1.29, 1.82) is 0 Å². The van der Waals surface area contributed by atoms with Gasteiger partial charge in [-0.1, -0.05) is 23.5 Å². The fraction of sp³-hybridized carbons (Fsp3) is 0.250. The van der Waals surface area contributed by atoms with E-state index in [1.807, 2.05) is 0 Å². The molecule has 2 aromatic heterocycles. The predicted octanol–water partition coefficient (Wildman–Crippen LogP) is 3.19. The van der Waals surface area contributed by atoms with Gasteiger partial charge in [-0.15, -0.1) is 0 Å². The molecular formula is C20H19FN2O4S. The van der Waals surface area contributed by atoms with Gasteiger partial charge in [0.1, 0.15) is 12.4 Å². The van der Waals surface area contributed by atoms with Gasteiger partial charge in [0.2, 0.25) is 5.78 Å². The lowest BCUT2D eigenvalue weighted by Crippen LogP contribution is -2.24. The van der Waals surface area contributed by atoms with E-state index in [-0.39, 0.29) is 11.4 Å². The fourth-order valence-electron chi connectivity index (χ4n) is 3.04. The highest BCUT2D eigenvalue weighted by molar-refractivity contribution is 7.07. The number of benzene rings is 1. The van der Waals surface area contributed by atoms with Gasteiger partial charge in [-0.2, -0.15) is 0 Å². The van der Waals surface area contributed by atoms with Crippen LogP contribution in [0.4, 0.5) is 4.39 Å². The van der Waals surface area contributed by atoms with Gasteiger partial charge in [0.15, 0.2) is 6.61 Å². The van der Waals surface area contributed by atoms with Crippen molar-refractivity contribution in [2.24, 2.45) is 0 Å². The summed E-state index contributed by atoms with van der Waals surface area (Å²) in [7, 11) is 0. The van der Waals surface area contributed by atoms with Gasteiger partial charge in [0.05, 0.1) is 5.69 Å². The topological polar surface area (TPSA) is 70.3 Å². The van der Waals surface area contributed by atoms with Gasteiger partial charge in [-0.25, -0.2) is 4.39 Å². The van der Waals surface area contributed by atoms with E-state index in [2.05, 4.69) is 0 Å². The summed E-state index contributed by atoms with van der Waals surface area (Å²) in [6, 6.07) is 7.94. The van der Waals surface area contributed by atoms with Crippen LogP contribution in [-0.2, 0) is 16.1 Å².